The molecule has 0 aromatic rings. The molecule has 0 radical (unpaired) electrons. The molecule has 1 N–H and O–H groups in total. The van der Waals surface area contributed by atoms with Crippen LogP contribution in [0.1, 0.15) is 60.8 Å². The van der Waals surface area contributed by atoms with Crippen molar-refractivity contribution in [2.24, 2.45) is 28.6 Å². The maximum Gasteiger partial charge on any atom is 0.306 e. The molecule has 1 saturated carbocycles. The van der Waals surface area contributed by atoms with Crippen molar-refractivity contribution in [1.29, 1.82) is 0 Å². The van der Waals surface area contributed by atoms with Crippen LogP contribution in [0.2, 0.25) is 0 Å². The van der Waals surface area contributed by atoms with Crippen molar-refractivity contribution in [1.82, 2.24) is 0 Å². The second-order valence-corrected chi connectivity index (χ2v) is 7.74. The van der Waals surface area contributed by atoms with E-state index in [0.717, 1.165) is 12.8 Å². The van der Waals surface area contributed by atoms with E-state index in [1.165, 1.54) is 6.42 Å². The van der Waals surface area contributed by atoms with E-state index < -0.39 is 5.97 Å². The van der Waals surface area contributed by atoms with Gasteiger partial charge in [0.2, 0.25) is 0 Å². The van der Waals surface area contributed by atoms with Gasteiger partial charge in [-0.2, -0.15) is 0 Å². The van der Waals surface area contributed by atoms with Crippen molar-refractivity contribution in [3.05, 3.63) is 0 Å². The van der Waals surface area contributed by atoms with Gasteiger partial charge in [-0.15, -0.1) is 0 Å². The van der Waals surface area contributed by atoms with Gasteiger partial charge in [0.1, 0.15) is 0 Å². The molecule has 1 aliphatic carbocycles. The Kier molecular flexibility index (Phi) is 3.95. The van der Waals surface area contributed by atoms with E-state index in [1.807, 2.05) is 0 Å². The van der Waals surface area contributed by atoms with Crippen LogP contribution >= 0.6 is 0 Å². The molecule has 17 heavy (non-hydrogen) atoms. The zero-order valence-corrected chi connectivity index (χ0v) is 12.2. The predicted octanol–water partition coefficient (Wildman–Crippen LogP) is 4.20. The van der Waals surface area contributed by atoms with Crippen molar-refractivity contribution in [3.8, 4) is 0 Å². The van der Waals surface area contributed by atoms with E-state index in [1.54, 1.807) is 0 Å². The van der Waals surface area contributed by atoms with Crippen LogP contribution in [0.25, 0.3) is 0 Å². The Hall–Kier alpha value is -0.530. The van der Waals surface area contributed by atoms with Crippen LogP contribution in [0.5, 0.6) is 0 Å². The predicted molar refractivity (Wildman–Crippen MR) is 70.9 cm³/mol. The minimum Gasteiger partial charge on any atom is -0.481 e. The first-order valence-corrected chi connectivity index (χ1v) is 6.78. The minimum absolute atomic E-state index is 0.0709. The van der Waals surface area contributed by atoms with E-state index in [-0.39, 0.29) is 22.7 Å². The van der Waals surface area contributed by atoms with Gasteiger partial charge < -0.3 is 5.11 Å². The van der Waals surface area contributed by atoms with E-state index in [0.29, 0.717) is 5.92 Å². The molecule has 1 fully saturated rings. The lowest BCUT2D eigenvalue weighted by Gasteiger charge is -2.49. The molecule has 0 aromatic carbocycles. The SMILES string of the molecule is CC(C)(C)C1CCCC(C(=O)O)C1C(C)(C)C. The number of rotatable bonds is 1. The number of carboxylic acid groups (broad SMARTS) is 1. The van der Waals surface area contributed by atoms with E-state index >= 15 is 0 Å². The summed E-state index contributed by atoms with van der Waals surface area (Å²) >= 11 is 0. The van der Waals surface area contributed by atoms with Crippen molar-refractivity contribution >= 4 is 5.97 Å². The summed E-state index contributed by atoms with van der Waals surface area (Å²) in [5.74, 6) is 0.0398. The van der Waals surface area contributed by atoms with Crippen LogP contribution in [0.15, 0.2) is 0 Å². The topological polar surface area (TPSA) is 37.3 Å². The Morgan fingerprint density at radius 2 is 1.53 bits per heavy atom. The maximum absolute atomic E-state index is 11.5. The summed E-state index contributed by atoms with van der Waals surface area (Å²) in [5.41, 5.74) is 0.271. The highest BCUT2D eigenvalue weighted by molar-refractivity contribution is 5.70. The largest absolute Gasteiger partial charge is 0.481 e. The van der Waals surface area contributed by atoms with Gasteiger partial charge in [-0.3, -0.25) is 4.79 Å². The normalized spacial score (nSPS) is 31.3. The average Bonchev–Trinajstić information content (AvgIpc) is 2.13. The first kappa shape index (κ1) is 14.5. The third kappa shape index (κ3) is 3.23. The number of hydrogen-bond acceptors (Lipinski definition) is 1. The number of hydrogen-bond donors (Lipinski definition) is 1. The summed E-state index contributed by atoms with van der Waals surface area (Å²) < 4.78 is 0. The second kappa shape index (κ2) is 4.62. The van der Waals surface area contributed by atoms with Gasteiger partial charge in [0.05, 0.1) is 5.92 Å². The second-order valence-electron chi connectivity index (χ2n) is 7.74. The molecule has 0 bridgehead atoms. The average molecular weight is 240 g/mol. The molecule has 2 heteroatoms. The monoisotopic (exact) mass is 240 g/mol. The van der Waals surface area contributed by atoms with Gasteiger partial charge in [-0.1, -0.05) is 48.0 Å². The summed E-state index contributed by atoms with van der Waals surface area (Å²) in [6.07, 6.45) is 3.09. The number of carbonyl (C=O) groups is 1. The highest BCUT2D eigenvalue weighted by Crippen LogP contribution is 2.51. The minimum atomic E-state index is -0.598. The van der Waals surface area contributed by atoms with Crippen LogP contribution in [0.3, 0.4) is 0 Å². The number of aliphatic carboxylic acids is 1. The van der Waals surface area contributed by atoms with Crippen molar-refractivity contribution < 1.29 is 9.90 Å². The van der Waals surface area contributed by atoms with E-state index in [4.69, 9.17) is 0 Å². The summed E-state index contributed by atoms with van der Waals surface area (Å²) in [6, 6.07) is 0. The van der Waals surface area contributed by atoms with Crippen molar-refractivity contribution in [2.45, 2.75) is 60.8 Å². The van der Waals surface area contributed by atoms with Crippen molar-refractivity contribution in [3.63, 3.8) is 0 Å². The number of carboxylic acids is 1. The Bertz CT molecular complexity index is 280. The fraction of sp³-hybridized carbons (Fsp3) is 0.933. The van der Waals surface area contributed by atoms with Crippen LogP contribution in [-0.2, 0) is 4.79 Å². The summed E-state index contributed by atoms with van der Waals surface area (Å²) in [6.45, 7) is 13.3. The maximum atomic E-state index is 11.5. The molecule has 0 spiro atoms. The standard InChI is InChI=1S/C15H28O2/c1-14(2,3)11-9-7-8-10(13(16)17)12(11)15(4,5)6/h10-12H,7-9H2,1-6H3,(H,16,17). The van der Waals surface area contributed by atoms with Crippen LogP contribution in [0.4, 0.5) is 0 Å². The van der Waals surface area contributed by atoms with E-state index in [9.17, 15) is 9.90 Å². The Balaban J connectivity index is 3.09. The smallest absolute Gasteiger partial charge is 0.306 e. The Morgan fingerprint density at radius 3 is 1.88 bits per heavy atom. The molecule has 0 aliphatic heterocycles. The highest BCUT2D eigenvalue weighted by Gasteiger charge is 2.47. The Morgan fingerprint density at radius 1 is 1.00 bits per heavy atom. The molecule has 1 rings (SSSR count). The van der Waals surface area contributed by atoms with E-state index in [2.05, 4.69) is 41.5 Å². The third-order valence-electron chi connectivity index (χ3n) is 4.33. The molecule has 0 aromatic heterocycles. The molecular weight excluding hydrogens is 212 g/mol. The summed E-state index contributed by atoms with van der Waals surface area (Å²) in [4.78, 5) is 11.5. The van der Waals surface area contributed by atoms with Gasteiger partial charge >= 0.3 is 5.97 Å². The van der Waals surface area contributed by atoms with Crippen LogP contribution in [-0.4, -0.2) is 11.1 Å². The summed E-state index contributed by atoms with van der Waals surface area (Å²) in [7, 11) is 0. The molecular formula is C15H28O2. The first-order valence-electron chi connectivity index (χ1n) is 6.78. The lowest BCUT2D eigenvalue weighted by molar-refractivity contribution is -0.151. The van der Waals surface area contributed by atoms with Crippen molar-refractivity contribution in [2.75, 3.05) is 0 Å². The molecule has 1 aliphatic rings. The highest BCUT2D eigenvalue weighted by atomic mass is 16.4. The van der Waals surface area contributed by atoms with Gasteiger partial charge in [-0.05, 0) is 35.5 Å². The fourth-order valence-electron chi connectivity index (χ4n) is 3.65. The molecule has 2 nitrogen and oxygen atoms in total. The molecule has 100 valence electrons. The molecule has 3 atom stereocenters. The van der Waals surface area contributed by atoms with Gasteiger partial charge in [0.15, 0.2) is 0 Å². The Labute approximate surface area is 106 Å². The van der Waals surface area contributed by atoms with Gasteiger partial charge in [0, 0.05) is 0 Å². The van der Waals surface area contributed by atoms with Gasteiger partial charge in [-0.25, -0.2) is 0 Å². The molecule has 0 amide bonds. The third-order valence-corrected chi connectivity index (χ3v) is 4.33. The molecule has 0 heterocycles. The quantitative estimate of drug-likeness (QED) is 0.746. The molecule has 3 unspecified atom stereocenters. The summed E-state index contributed by atoms with van der Waals surface area (Å²) in [5, 5.41) is 9.46. The lowest BCUT2D eigenvalue weighted by Crippen LogP contribution is -2.45. The fourth-order valence-corrected chi connectivity index (χ4v) is 3.65. The lowest BCUT2D eigenvalue weighted by atomic mass is 9.55. The van der Waals surface area contributed by atoms with Crippen LogP contribution < -0.4 is 0 Å². The first-order chi connectivity index (χ1) is 7.55. The molecule has 0 saturated heterocycles. The zero-order chi connectivity index (χ0) is 13.4. The van der Waals surface area contributed by atoms with Crippen LogP contribution in [0, 0.1) is 28.6 Å². The zero-order valence-electron chi connectivity index (χ0n) is 12.2. The van der Waals surface area contributed by atoms with Gasteiger partial charge in [0.25, 0.3) is 0 Å².